The molecule has 0 spiro atoms. The van der Waals surface area contributed by atoms with Gasteiger partial charge in [-0.2, -0.15) is 0 Å². The fourth-order valence-electron chi connectivity index (χ4n) is 2.08. The molecule has 20 heavy (non-hydrogen) atoms. The predicted molar refractivity (Wildman–Crippen MR) is 76.9 cm³/mol. The van der Waals surface area contributed by atoms with Gasteiger partial charge in [0, 0.05) is 16.6 Å². The first-order valence-electron chi connectivity index (χ1n) is 6.75. The van der Waals surface area contributed by atoms with Gasteiger partial charge in [-0.1, -0.05) is 17.7 Å². The van der Waals surface area contributed by atoms with Crippen molar-refractivity contribution in [3.63, 3.8) is 0 Å². The highest BCUT2D eigenvalue weighted by molar-refractivity contribution is 6.31. The number of rotatable bonds is 5. The smallest absolute Gasteiger partial charge is 0.325 e. The second-order valence-corrected chi connectivity index (χ2v) is 5.36. The highest BCUT2D eigenvalue weighted by Crippen LogP contribution is 2.29. The molecule has 1 aromatic rings. The molecule has 1 amide bonds. The number of ether oxygens (including phenoxy) is 1. The van der Waals surface area contributed by atoms with E-state index in [4.69, 9.17) is 16.3 Å². The first-order chi connectivity index (χ1) is 9.52. The summed E-state index contributed by atoms with van der Waals surface area (Å²) < 4.78 is 4.93. The summed E-state index contributed by atoms with van der Waals surface area (Å²) in [5, 5.41) is 0.519. The number of esters is 1. The van der Waals surface area contributed by atoms with Crippen molar-refractivity contribution in [3.8, 4) is 0 Å². The molecule has 1 aliphatic rings. The number of hydrogen-bond donors (Lipinski definition) is 0. The zero-order valence-corrected chi connectivity index (χ0v) is 12.4. The van der Waals surface area contributed by atoms with E-state index in [0.29, 0.717) is 17.2 Å². The van der Waals surface area contributed by atoms with Crippen molar-refractivity contribution in [2.45, 2.75) is 32.7 Å². The van der Waals surface area contributed by atoms with Crippen LogP contribution in [0, 0.1) is 6.92 Å². The van der Waals surface area contributed by atoms with E-state index in [0.717, 1.165) is 18.4 Å². The Bertz CT molecular complexity index is 526. The lowest BCUT2D eigenvalue weighted by Gasteiger charge is -2.22. The summed E-state index contributed by atoms with van der Waals surface area (Å²) >= 11 is 5.95. The van der Waals surface area contributed by atoms with Gasteiger partial charge in [-0.25, -0.2) is 0 Å². The van der Waals surface area contributed by atoms with Gasteiger partial charge in [-0.15, -0.1) is 0 Å². The predicted octanol–water partition coefficient (Wildman–Crippen LogP) is 2.82. The molecule has 0 saturated heterocycles. The van der Waals surface area contributed by atoms with Crippen LogP contribution in [0.5, 0.6) is 0 Å². The highest BCUT2D eigenvalue weighted by Gasteiger charge is 2.35. The molecule has 0 heterocycles. The normalized spacial score (nSPS) is 13.9. The van der Waals surface area contributed by atoms with Crippen LogP contribution in [0.2, 0.25) is 5.02 Å². The SMILES string of the molecule is CCOC(=O)CN(C(=O)c1cc(Cl)ccc1C)C1CC1. The average molecular weight is 296 g/mol. The van der Waals surface area contributed by atoms with E-state index in [-0.39, 0.29) is 24.5 Å². The molecule has 0 aromatic heterocycles. The van der Waals surface area contributed by atoms with Gasteiger partial charge in [0.05, 0.1) is 6.61 Å². The first kappa shape index (κ1) is 14.9. The van der Waals surface area contributed by atoms with Crippen molar-refractivity contribution >= 4 is 23.5 Å². The van der Waals surface area contributed by atoms with Crippen LogP contribution < -0.4 is 0 Å². The van der Waals surface area contributed by atoms with E-state index < -0.39 is 0 Å². The van der Waals surface area contributed by atoms with E-state index in [1.807, 2.05) is 13.0 Å². The maximum atomic E-state index is 12.6. The van der Waals surface area contributed by atoms with E-state index in [1.54, 1.807) is 24.0 Å². The minimum Gasteiger partial charge on any atom is -0.465 e. The number of carbonyl (C=O) groups is 2. The van der Waals surface area contributed by atoms with Crippen molar-refractivity contribution < 1.29 is 14.3 Å². The summed E-state index contributed by atoms with van der Waals surface area (Å²) in [6, 6.07) is 5.36. The Morgan fingerprint density at radius 1 is 1.40 bits per heavy atom. The summed E-state index contributed by atoms with van der Waals surface area (Å²) in [5.74, 6) is -0.520. The van der Waals surface area contributed by atoms with Crippen molar-refractivity contribution in [1.82, 2.24) is 4.90 Å². The van der Waals surface area contributed by atoms with Crippen molar-refractivity contribution in [2.24, 2.45) is 0 Å². The summed E-state index contributed by atoms with van der Waals surface area (Å²) in [7, 11) is 0. The van der Waals surface area contributed by atoms with Crippen LogP contribution in [-0.4, -0.2) is 36.0 Å². The molecule has 1 aromatic carbocycles. The lowest BCUT2D eigenvalue weighted by atomic mass is 10.1. The van der Waals surface area contributed by atoms with Gasteiger partial charge in [0.15, 0.2) is 0 Å². The summed E-state index contributed by atoms with van der Waals surface area (Å²) in [6.07, 6.45) is 1.87. The van der Waals surface area contributed by atoms with Gasteiger partial charge in [-0.3, -0.25) is 9.59 Å². The molecular formula is C15H18ClNO3. The number of halogens is 1. The quantitative estimate of drug-likeness (QED) is 0.785. The maximum absolute atomic E-state index is 12.6. The van der Waals surface area contributed by atoms with Crippen molar-refractivity contribution in [1.29, 1.82) is 0 Å². The number of nitrogens with zero attached hydrogens (tertiary/aromatic N) is 1. The third-order valence-corrected chi connectivity index (χ3v) is 3.52. The Labute approximate surface area is 123 Å². The molecular weight excluding hydrogens is 278 g/mol. The average Bonchev–Trinajstić information content (AvgIpc) is 3.23. The minimum atomic E-state index is -0.368. The standard InChI is InChI=1S/C15H18ClNO3/c1-3-20-14(18)9-17(12-6-7-12)15(19)13-8-11(16)5-4-10(13)2/h4-5,8,12H,3,6-7,9H2,1-2H3. The minimum absolute atomic E-state index is 0.00327. The van der Waals surface area contributed by atoms with Crippen LogP contribution >= 0.6 is 11.6 Å². The third kappa shape index (κ3) is 3.51. The lowest BCUT2D eigenvalue weighted by molar-refractivity contribution is -0.144. The topological polar surface area (TPSA) is 46.6 Å². The van der Waals surface area contributed by atoms with Gasteiger partial charge in [-0.05, 0) is 44.4 Å². The molecule has 0 bridgehead atoms. The van der Waals surface area contributed by atoms with Crippen LogP contribution in [-0.2, 0) is 9.53 Å². The molecule has 4 nitrogen and oxygen atoms in total. The highest BCUT2D eigenvalue weighted by atomic mass is 35.5. The summed E-state index contributed by atoms with van der Waals surface area (Å²) in [5.41, 5.74) is 1.41. The van der Waals surface area contributed by atoms with Crippen LogP contribution in [0.15, 0.2) is 18.2 Å². The fourth-order valence-corrected chi connectivity index (χ4v) is 2.25. The lowest BCUT2D eigenvalue weighted by Crippen LogP contribution is -2.38. The number of aryl methyl sites for hydroxylation is 1. The van der Waals surface area contributed by atoms with Crippen molar-refractivity contribution in [2.75, 3.05) is 13.2 Å². The van der Waals surface area contributed by atoms with Gasteiger partial charge in [0.25, 0.3) is 5.91 Å². The molecule has 1 fully saturated rings. The Kier molecular flexibility index (Phi) is 4.65. The summed E-state index contributed by atoms with van der Waals surface area (Å²) in [6.45, 7) is 3.94. The Morgan fingerprint density at radius 2 is 2.10 bits per heavy atom. The van der Waals surface area contributed by atoms with Gasteiger partial charge in [0.2, 0.25) is 0 Å². The van der Waals surface area contributed by atoms with E-state index in [9.17, 15) is 9.59 Å². The second kappa shape index (κ2) is 6.27. The van der Waals surface area contributed by atoms with Gasteiger partial charge in [0.1, 0.15) is 6.54 Å². The second-order valence-electron chi connectivity index (χ2n) is 4.93. The third-order valence-electron chi connectivity index (χ3n) is 3.28. The first-order valence-corrected chi connectivity index (χ1v) is 7.13. The molecule has 0 unspecified atom stereocenters. The van der Waals surface area contributed by atoms with Gasteiger partial charge < -0.3 is 9.64 Å². The van der Waals surface area contributed by atoms with Crippen LogP contribution in [0.4, 0.5) is 0 Å². The van der Waals surface area contributed by atoms with Crippen LogP contribution in [0.25, 0.3) is 0 Å². The number of hydrogen-bond acceptors (Lipinski definition) is 3. The van der Waals surface area contributed by atoms with Gasteiger partial charge >= 0.3 is 5.97 Å². The summed E-state index contributed by atoms with van der Waals surface area (Å²) in [4.78, 5) is 25.8. The molecule has 2 rings (SSSR count). The van der Waals surface area contributed by atoms with E-state index in [2.05, 4.69) is 0 Å². The maximum Gasteiger partial charge on any atom is 0.325 e. The van der Waals surface area contributed by atoms with Crippen LogP contribution in [0.1, 0.15) is 35.7 Å². The largest absolute Gasteiger partial charge is 0.465 e. The molecule has 0 radical (unpaired) electrons. The molecule has 108 valence electrons. The fraction of sp³-hybridized carbons (Fsp3) is 0.467. The monoisotopic (exact) mass is 295 g/mol. The molecule has 0 atom stereocenters. The molecule has 1 aliphatic carbocycles. The Morgan fingerprint density at radius 3 is 2.70 bits per heavy atom. The Balaban J connectivity index is 2.18. The van der Waals surface area contributed by atoms with E-state index in [1.165, 1.54) is 0 Å². The number of amides is 1. The van der Waals surface area contributed by atoms with Crippen LogP contribution in [0.3, 0.4) is 0 Å². The molecule has 0 N–H and O–H groups in total. The van der Waals surface area contributed by atoms with E-state index >= 15 is 0 Å². The number of benzene rings is 1. The zero-order valence-electron chi connectivity index (χ0n) is 11.7. The molecule has 5 heteroatoms. The molecule has 0 aliphatic heterocycles. The zero-order chi connectivity index (χ0) is 14.7. The number of carbonyl (C=O) groups excluding carboxylic acids is 2. The van der Waals surface area contributed by atoms with Crippen molar-refractivity contribution in [3.05, 3.63) is 34.3 Å². The Hall–Kier alpha value is -1.55. The molecule has 1 saturated carbocycles.